The van der Waals surface area contributed by atoms with Gasteiger partial charge in [-0.3, -0.25) is 9.59 Å². The summed E-state index contributed by atoms with van der Waals surface area (Å²) in [5, 5.41) is 2.89. The smallest absolute Gasteiger partial charge is 0.244 e. The number of benzene rings is 1. The van der Waals surface area contributed by atoms with Crippen molar-refractivity contribution in [3.63, 3.8) is 0 Å². The predicted octanol–water partition coefficient (Wildman–Crippen LogP) is 2.02. The third-order valence-corrected chi connectivity index (χ3v) is 4.46. The monoisotopic (exact) mass is 287 g/mol. The molecule has 2 amide bonds. The minimum atomic E-state index is -0.719. The van der Waals surface area contributed by atoms with Gasteiger partial charge >= 0.3 is 0 Å². The molecule has 0 radical (unpaired) electrons. The van der Waals surface area contributed by atoms with Gasteiger partial charge in [0.05, 0.1) is 5.54 Å². The van der Waals surface area contributed by atoms with Gasteiger partial charge in [-0.05, 0) is 43.5 Å². The Morgan fingerprint density at radius 1 is 1.14 bits per heavy atom. The molecule has 0 atom stereocenters. The Morgan fingerprint density at radius 2 is 1.81 bits per heavy atom. The zero-order valence-corrected chi connectivity index (χ0v) is 12.1. The van der Waals surface area contributed by atoms with Crippen LogP contribution < -0.4 is 16.0 Å². The highest BCUT2D eigenvalue weighted by atomic mass is 16.2. The van der Waals surface area contributed by atoms with Crippen LogP contribution in [0.15, 0.2) is 24.3 Å². The van der Waals surface area contributed by atoms with E-state index in [1.807, 2.05) is 24.3 Å². The molecule has 2 fully saturated rings. The Kier molecular flexibility index (Phi) is 3.68. The molecule has 1 heterocycles. The third-order valence-electron chi connectivity index (χ3n) is 4.46. The van der Waals surface area contributed by atoms with Crippen LogP contribution in [0.4, 0.5) is 11.4 Å². The third kappa shape index (κ3) is 2.78. The zero-order chi connectivity index (χ0) is 14.9. The summed E-state index contributed by atoms with van der Waals surface area (Å²) in [4.78, 5) is 25.7. The molecule has 5 nitrogen and oxygen atoms in total. The molecular weight excluding hydrogens is 266 g/mol. The van der Waals surface area contributed by atoms with E-state index in [4.69, 9.17) is 5.73 Å². The van der Waals surface area contributed by atoms with Crippen LogP contribution in [0.1, 0.15) is 38.5 Å². The van der Waals surface area contributed by atoms with E-state index >= 15 is 0 Å². The topological polar surface area (TPSA) is 75.4 Å². The second-order valence-electron chi connectivity index (χ2n) is 6.01. The fraction of sp³-hybridized carbons (Fsp3) is 0.500. The first-order chi connectivity index (χ1) is 10.1. The van der Waals surface area contributed by atoms with Crippen LogP contribution in [0, 0.1) is 0 Å². The molecular formula is C16H21N3O2. The molecule has 0 spiro atoms. The number of hydrogen-bond acceptors (Lipinski definition) is 3. The molecule has 5 heteroatoms. The average molecular weight is 287 g/mol. The number of amides is 2. The second kappa shape index (κ2) is 5.48. The maximum Gasteiger partial charge on any atom is 0.244 e. The quantitative estimate of drug-likeness (QED) is 0.893. The van der Waals surface area contributed by atoms with Gasteiger partial charge < -0.3 is 16.0 Å². The number of nitrogens with two attached hydrogens (primary N) is 1. The van der Waals surface area contributed by atoms with E-state index in [1.165, 1.54) is 0 Å². The van der Waals surface area contributed by atoms with Crippen LogP contribution in [0.3, 0.4) is 0 Å². The van der Waals surface area contributed by atoms with Gasteiger partial charge in [-0.2, -0.15) is 0 Å². The van der Waals surface area contributed by atoms with Crippen molar-refractivity contribution < 1.29 is 9.59 Å². The SMILES string of the molecule is NC1(C(=O)Nc2ccc(N3CCCC3=O)cc2)CCCC1. The van der Waals surface area contributed by atoms with Crippen LogP contribution in [0.5, 0.6) is 0 Å². The van der Waals surface area contributed by atoms with Crippen LogP contribution in [-0.4, -0.2) is 23.9 Å². The first-order valence-electron chi connectivity index (χ1n) is 7.59. The van der Waals surface area contributed by atoms with Gasteiger partial charge in [0.1, 0.15) is 0 Å². The molecule has 1 aromatic rings. The van der Waals surface area contributed by atoms with Crippen molar-refractivity contribution in [3.8, 4) is 0 Å². The van der Waals surface area contributed by atoms with Crippen molar-refractivity contribution >= 4 is 23.2 Å². The summed E-state index contributed by atoms with van der Waals surface area (Å²) < 4.78 is 0. The van der Waals surface area contributed by atoms with Gasteiger partial charge in [-0.15, -0.1) is 0 Å². The highest BCUT2D eigenvalue weighted by molar-refractivity contribution is 5.99. The van der Waals surface area contributed by atoms with Crippen molar-refractivity contribution in [1.82, 2.24) is 0 Å². The summed E-state index contributed by atoms with van der Waals surface area (Å²) in [6, 6.07) is 7.40. The van der Waals surface area contributed by atoms with E-state index in [-0.39, 0.29) is 11.8 Å². The molecule has 3 rings (SSSR count). The lowest BCUT2D eigenvalue weighted by atomic mass is 9.98. The van der Waals surface area contributed by atoms with Crippen LogP contribution in [0.2, 0.25) is 0 Å². The second-order valence-corrected chi connectivity index (χ2v) is 6.01. The largest absolute Gasteiger partial charge is 0.324 e. The van der Waals surface area contributed by atoms with Gasteiger partial charge in [0, 0.05) is 24.3 Å². The molecule has 0 unspecified atom stereocenters. The summed E-state index contributed by atoms with van der Waals surface area (Å²) in [6.45, 7) is 0.774. The van der Waals surface area contributed by atoms with Crippen LogP contribution >= 0.6 is 0 Å². The Balaban J connectivity index is 1.67. The molecule has 1 aliphatic carbocycles. The van der Waals surface area contributed by atoms with Crippen molar-refractivity contribution in [2.45, 2.75) is 44.1 Å². The predicted molar refractivity (Wildman–Crippen MR) is 82.0 cm³/mol. The van der Waals surface area contributed by atoms with Gasteiger partial charge in [0.25, 0.3) is 0 Å². The van der Waals surface area contributed by atoms with E-state index in [0.29, 0.717) is 6.42 Å². The zero-order valence-electron chi connectivity index (χ0n) is 12.1. The fourth-order valence-corrected chi connectivity index (χ4v) is 3.13. The average Bonchev–Trinajstić information content (AvgIpc) is 3.09. The van der Waals surface area contributed by atoms with Crippen molar-refractivity contribution in [1.29, 1.82) is 0 Å². The normalized spacial score (nSPS) is 20.8. The molecule has 1 aliphatic heterocycles. The number of carbonyl (C=O) groups excluding carboxylic acids is 2. The fourth-order valence-electron chi connectivity index (χ4n) is 3.13. The van der Waals surface area contributed by atoms with Gasteiger partial charge in [-0.25, -0.2) is 0 Å². The lowest BCUT2D eigenvalue weighted by Crippen LogP contribution is -2.48. The minimum absolute atomic E-state index is 0.106. The van der Waals surface area contributed by atoms with E-state index in [1.54, 1.807) is 4.90 Å². The van der Waals surface area contributed by atoms with E-state index in [0.717, 1.165) is 50.0 Å². The van der Waals surface area contributed by atoms with Gasteiger partial charge in [0.2, 0.25) is 11.8 Å². The molecule has 21 heavy (non-hydrogen) atoms. The Bertz CT molecular complexity index is 547. The number of hydrogen-bond donors (Lipinski definition) is 2. The van der Waals surface area contributed by atoms with E-state index in [2.05, 4.69) is 5.32 Å². The number of carbonyl (C=O) groups is 2. The van der Waals surface area contributed by atoms with Crippen LogP contribution in [-0.2, 0) is 9.59 Å². The molecule has 1 saturated heterocycles. The highest BCUT2D eigenvalue weighted by Crippen LogP contribution is 2.29. The van der Waals surface area contributed by atoms with Crippen molar-refractivity contribution in [3.05, 3.63) is 24.3 Å². The Hall–Kier alpha value is -1.88. The standard InChI is InChI=1S/C16H21N3O2/c17-16(9-1-2-10-16)15(21)18-12-5-7-13(8-6-12)19-11-3-4-14(19)20/h5-8H,1-4,9-11,17H2,(H,18,21). The maximum absolute atomic E-state index is 12.2. The summed E-state index contributed by atoms with van der Waals surface area (Å²) >= 11 is 0. The number of anilines is 2. The molecule has 0 bridgehead atoms. The molecule has 0 aromatic heterocycles. The van der Waals surface area contributed by atoms with Crippen molar-refractivity contribution in [2.24, 2.45) is 5.73 Å². The van der Waals surface area contributed by atoms with Crippen LogP contribution in [0.25, 0.3) is 0 Å². The molecule has 112 valence electrons. The number of nitrogens with zero attached hydrogens (tertiary/aromatic N) is 1. The summed E-state index contributed by atoms with van der Waals surface area (Å²) in [5.41, 5.74) is 7.03. The van der Waals surface area contributed by atoms with Crippen molar-refractivity contribution in [2.75, 3.05) is 16.8 Å². The molecule has 3 N–H and O–H groups in total. The van der Waals surface area contributed by atoms with Gasteiger partial charge in [0.15, 0.2) is 0 Å². The summed E-state index contributed by atoms with van der Waals surface area (Å²) in [7, 11) is 0. The number of nitrogens with one attached hydrogen (secondary N) is 1. The first-order valence-corrected chi connectivity index (χ1v) is 7.59. The van der Waals surface area contributed by atoms with E-state index < -0.39 is 5.54 Å². The molecule has 1 aromatic carbocycles. The maximum atomic E-state index is 12.2. The first kappa shape index (κ1) is 14.1. The van der Waals surface area contributed by atoms with E-state index in [9.17, 15) is 9.59 Å². The number of rotatable bonds is 3. The Morgan fingerprint density at radius 3 is 2.38 bits per heavy atom. The molecule has 2 aliphatic rings. The van der Waals surface area contributed by atoms with Gasteiger partial charge in [-0.1, -0.05) is 12.8 Å². The Labute approximate surface area is 124 Å². The summed E-state index contributed by atoms with van der Waals surface area (Å²) in [5.74, 6) is 0.0589. The molecule has 1 saturated carbocycles. The summed E-state index contributed by atoms with van der Waals surface area (Å²) in [6.07, 6.45) is 5.06. The highest BCUT2D eigenvalue weighted by Gasteiger charge is 2.36. The minimum Gasteiger partial charge on any atom is -0.324 e. The lowest BCUT2D eigenvalue weighted by Gasteiger charge is -2.22. The lowest BCUT2D eigenvalue weighted by molar-refractivity contribution is -0.121.